The Labute approximate surface area is 124 Å². The van der Waals surface area contributed by atoms with E-state index in [0.29, 0.717) is 0 Å². The normalized spacial score (nSPS) is 19.3. The molecule has 21 heavy (non-hydrogen) atoms. The average molecular weight is 279 g/mol. The Morgan fingerprint density at radius 1 is 1.00 bits per heavy atom. The molecule has 1 unspecified atom stereocenters. The lowest BCUT2D eigenvalue weighted by Gasteiger charge is -2.31. The minimum atomic E-state index is 0.109. The van der Waals surface area contributed by atoms with Crippen LogP contribution in [0.3, 0.4) is 0 Å². The predicted molar refractivity (Wildman–Crippen MR) is 87.2 cm³/mol. The topological polar surface area (TPSA) is 39.2 Å². The third-order valence-corrected chi connectivity index (χ3v) is 5.26. The number of rotatable bonds is 2. The average Bonchev–Trinajstić information content (AvgIpc) is 3.10. The smallest absolute Gasteiger partial charge is 0.135 e. The summed E-state index contributed by atoms with van der Waals surface area (Å²) in [5.74, 6) is 0. The first-order valence-electron chi connectivity index (χ1n) is 7.84. The van der Waals surface area contributed by atoms with Gasteiger partial charge in [-0.15, -0.1) is 0 Å². The Kier molecular flexibility index (Phi) is 2.83. The Balaban J connectivity index is 1.84. The Bertz CT molecular complexity index is 796. The summed E-state index contributed by atoms with van der Waals surface area (Å²) in [6, 6.07) is 14.8. The molecule has 0 spiro atoms. The number of hydrogen-bond donors (Lipinski definition) is 1. The lowest BCUT2D eigenvalue weighted by Crippen LogP contribution is -2.29. The molecule has 2 heteroatoms. The van der Waals surface area contributed by atoms with Gasteiger partial charge in [0.15, 0.2) is 0 Å². The van der Waals surface area contributed by atoms with Gasteiger partial charge < -0.3 is 10.2 Å². The molecule has 1 fully saturated rings. The fourth-order valence-corrected chi connectivity index (χ4v) is 3.83. The van der Waals surface area contributed by atoms with Crippen LogP contribution >= 0.6 is 0 Å². The lowest BCUT2D eigenvalue weighted by atomic mass is 9.77. The van der Waals surface area contributed by atoms with Crippen molar-refractivity contribution in [2.75, 3.05) is 0 Å². The predicted octanol–water partition coefficient (Wildman–Crippen LogP) is 5.17. The number of nitrogens with two attached hydrogens (primary N) is 1. The van der Waals surface area contributed by atoms with Crippen LogP contribution in [-0.4, -0.2) is 0 Å². The molecule has 1 atom stereocenters. The van der Waals surface area contributed by atoms with Crippen molar-refractivity contribution in [3.8, 4) is 0 Å². The van der Waals surface area contributed by atoms with Crippen LogP contribution in [0.2, 0.25) is 0 Å². The molecule has 0 aliphatic heterocycles. The summed E-state index contributed by atoms with van der Waals surface area (Å²) in [6.45, 7) is 2.34. The van der Waals surface area contributed by atoms with E-state index in [1.807, 2.05) is 12.1 Å². The van der Waals surface area contributed by atoms with Crippen LogP contribution in [-0.2, 0) is 0 Å². The van der Waals surface area contributed by atoms with Gasteiger partial charge in [-0.25, -0.2) is 0 Å². The molecule has 4 rings (SSSR count). The molecule has 2 N–H and O–H groups in total. The highest BCUT2D eigenvalue weighted by Crippen LogP contribution is 2.46. The van der Waals surface area contributed by atoms with Crippen LogP contribution < -0.4 is 5.73 Å². The highest BCUT2D eigenvalue weighted by Gasteiger charge is 2.35. The van der Waals surface area contributed by atoms with Gasteiger partial charge in [0, 0.05) is 16.8 Å². The maximum Gasteiger partial charge on any atom is 0.135 e. The highest BCUT2D eigenvalue weighted by atomic mass is 16.3. The first-order chi connectivity index (χ1) is 10.2. The van der Waals surface area contributed by atoms with Gasteiger partial charge in [0.05, 0.1) is 0 Å². The maximum absolute atomic E-state index is 6.61. The first-order valence-corrected chi connectivity index (χ1v) is 7.84. The molecule has 1 saturated carbocycles. The Hall–Kier alpha value is -1.80. The summed E-state index contributed by atoms with van der Waals surface area (Å²) in [6.07, 6.45) is 5.08. The van der Waals surface area contributed by atoms with Crippen LogP contribution in [0.4, 0.5) is 0 Å². The number of hydrogen-bond acceptors (Lipinski definition) is 2. The Morgan fingerprint density at radius 3 is 2.52 bits per heavy atom. The summed E-state index contributed by atoms with van der Waals surface area (Å²) < 4.78 is 5.90. The van der Waals surface area contributed by atoms with E-state index in [0.717, 1.165) is 11.2 Å². The third kappa shape index (κ3) is 1.97. The number of furan rings is 1. The zero-order chi connectivity index (χ0) is 14.4. The van der Waals surface area contributed by atoms with E-state index < -0.39 is 0 Å². The van der Waals surface area contributed by atoms with Gasteiger partial charge in [0.2, 0.25) is 0 Å². The molecule has 2 nitrogen and oxygen atoms in total. The number of benzene rings is 2. The van der Waals surface area contributed by atoms with Crippen LogP contribution in [0, 0.1) is 5.41 Å². The molecule has 1 aliphatic carbocycles. The first kappa shape index (κ1) is 12.9. The van der Waals surface area contributed by atoms with Crippen LogP contribution in [0.1, 0.15) is 44.2 Å². The molecule has 108 valence electrons. The lowest BCUT2D eigenvalue weighted by molar-refractivity contribution is 0.265. The zero-order valence-electron chi connectivity index (χ0n) is 12.4. The molecule has 0 amide bonds. The fourth-order valence-electron chi connectivity index (χ4n) is 3.83. The summed E-state index contributed by atoms with van der Waals surface area (Å²) in [5, 5.41) is 2.36. The van der Waals surface area contributed by atoms with Crippen molar-refractivity contribution in [3.05, 3.63) is 48.0 Å². The van der Waals surface area contributed by atoms with Crippen molar-refractivity contribution in [1.82, 2.24) is 0 Å². The molecule has 2 aromatic carbocycles. The van der Waals surface area contributed by atoms with Crippen LogP contribution in [0.15, 0.2) is 46.9 Å². The van der Waals surface area contributed by atoms with E-state index in [-0.39, 0.29) is 11.5 Å². The largest absolute Gasteiger partial charge is 0.456 e. The van der Waals surface area contributed by atoms with Crippen molar-refractivity contribution >= 4 is 21.9 Å². The van der Waals surface area contributed by atoms with Gasteiger partial charge in [0.25, 0.3) is 0 Å². The second-order valence-electron chi connectivity index (χ2n) is 6.69. The van der Waals surface area contributed by atoms with Crippen LogP contribution in [0.5, 0.6) is 0 Å². The van der Waals surface area contributed by atoms with Crippen molar-refractivity contribution in [2.45, 2.75) is 38.6 Å². The van der Waals surface area contributed by atoms with Gasteiger partial charge >= 0.3 is 0 Å². The van der Waals surface area contributed by atoms with E-state index in [2.05, 4.69) is 37.3 Å². The Morgan fingerprint density at radius 2 is 1.71 bits per heavy atom. The zero-order valence-corrected chi connectivity index (χ0v) is 12.4. The van der Waals surface area contributed by atoms with Gasteiger partial charge in [-0.2, -0.15) is 0 Å². The second-order valence-corrected chi connectivity index (χ2v) is 6.69. The van der Waals surface area contributed by atoms with E-state index in [1.54, 1.807) is 0 Å². The molecule has 0 saturated heterocycles. The summed E-state index contributed by atoms with van der Waals surface area (Å²) >= 11 is 0. The molecule has 0 radical (unpaired) electrons. The molecule has 1 heterocycles. The number of para-hydroxylation sites is 1. The van der Waals surface area contributed by atoms with Crippen LogP contribution in [0.25, 0.3) is 21.9 Å². The minimum Gasteiger partial charge on any atom is -0.456 e. The number of fused-ring (bicyclic) bond motifs is 3. The standard InChI is InChI=1S/C19H21NO/c1-19(10-4-5-11-19)18(20)13-8-9-17-15(12-13)14-6-2-3-7-16(14)21-17/h2-3,6-9,12,18H,4-5,10-11,20H2,1H3. The van der Waals surface area contributed by atoms with Gasteiger partial charge in [-0.1, -0.05) is 44.0 Å². The van der Waals surface area contributed by atoms with E-state index in [1.165, 1.54) is 42.0 Å². The molecule has 3 aromatic rings. The van der Waals surface area contributed by atoms with Gasteiger partial charge in [-0.3, -0.25) is 0 Å². The second kappa shape index (κ2) is 4.60. The SMILES string of the molecule is CC1(C(N)c2ccc3oc4ccccc4c3c2)CCCC1. The van der Waals surface area contributed by atoms with Crippen molar-refractivity contribution in [1.29, 1.82) is 0 Å². The highest BCUT2D eigenvalue weighted by molar-refractivity contribution is 6.05. The molecular formula is C19H21NO. The van der Waals surface area contributed by atoms with Gasteiger partial charge in [0.1, 0.15) is 11.2 Å². The summed E-state index contributed by atoms with van der Waals surface area (Å²) in [4.78, 5) is 0. The quantitative estimate of drug-likeness (QED) is 0.703. The third-order valence-electron chi connectivity index (χ3n) is 5.26. The van der Waals surface area contributed by atoms with E-state index >= 15 is 0 Å². The van der Waals surface area contributed by atoms with E-state index in [9.17, 15) is 0 Å². The fraction of sp³-hybridized carbons (Fsp3) is 0.368. The molecule has 1 aromatic heterocycles. The molecule has 1 aliphatic rings. The van der Waals surface area contributed by atoms with E-state index in [4.69, 9.17) is 10.2 Å². The van der Waals surface area contributed by atoms with Gasteiger partial charge in [-0.05, 0) is 42.0 Å². The van der Waals surface area contributed by atoms with Crippen molar-refractivity contribution in [3.63, 3.8) is 0 Å². The minimum absolute atomic E-state index is 0.109. The maximum atomic E-state index is 6.61. The molecular weight excluding hydrogens is 258 g/mol. The summed E-state index contributed by atoms with van der Waals surface area (Å²) in [7, 11) is 0. The van der Waals surface area contributed by atoms with Crippen molar-refractivity contribution < 1.29 is 4.42 Å². The monoisotopic (exact) mass is 279 g/mol. The summed E-state index contributed by atoms with van der Waals surface area (Å²) in [5.41, 5.74) is 9.98. The van der Waals surface area contributed by atoms with Crippen molar-refractivity contribution in [2.24, 2.45) is 11.1 Å². The molecule has 0 bridgehead atoms.